The molecule has 2 nitrogen and oxygen atoms in total. The van der Waals surface area contributed by atoms with Crippen LogP contribution in [0.5, 0.6) is 0 Å². The van der Waals surface area contributed by atoms with Crippen molar-refractivity contribution in [3.8, 4) is 0 Å². The lowest BCUT2D eigenvalue weighted by atomic mass is 9.49. The van der Waals surface area contributed by atoms with E-state index in [1.54, 1.807) is 5.92 Å². The normalized spacial score (nSPS) is 40.6. The van der Waals surface area contributed by atoms with Crippen molar-refractivity contribution in [1.29, 1.82) is 0 Å². The van der Waals surface area contributed by atoms with Gasteiger partial charge in [0.25, 0.3) is 0 Å². The van der Waals surface area contributed by atoms with Crippen molar-refractivity contribution in [2.24, 2.45) is 17.3 Å². The molecular weight excluding hydrogens is 212 g/mol. The molecule has 0 amide bonds. The Morgan fingerprint density at radius 3 is 2.29 bits per heavy atom. The van der Waals surface area contributed by atoms with Crippen molar-refractivity contribution in [1.82, 2.24) is 0 Å². The fraction of sp³-hybridized carbons (Fsp3) is 0.867. The van der Waals surface area contributed by atoms with Crippen molar-refractivity contribution in [2.75, 3.05) is 0 Å². The summed E-state index contributed by atoms with van der Waals surface area (Å²) in [5.41, 5.74) is -0.474. The zero-order chi connectivity index (χ0) is 12.3. The van der Waals surface area contributed by atoms with Gasteiger partial charge in [-0.3, -0.25) is 4.79 Å². The highest BCUT2D eigenvalue weighted by Gasteiger charge is 2.56. The average molecular weight is 235 g/mol. The lowest BCUT2D eigenvalue weighted by molar-refractivity contribution is -0.177. The van der Waals surface area contributed by atoms with E-state index in [-0.39, 0.29) is 17.0 Å². The maximum Gasteiger partial charge on any atom is 0.312 e. The van der Waals surface area contributed by atoms with Crippen molar-refractivity contribution in [3.63, 3.8) is 0 Å². The number of carbonyl (C=O) groups is 1. The molecule has 0 saturated heterocycles. The number of hydrogen-bond donors (Lipinski definition) is 0. The Morgan fingerprint density at radius 1 is 1.24 bits per heavy atom. The van der Waals surface area contributed by atoms with Gasteiger partial charge in [0.1, 0.15) is 5.60 Å². The number of carbonyl (C=O) groups excluding carboxylic acids is 1. The first-order chi connectivity index (χ1) is 7.86. The third kappa shape index (κ3) is 2.00. The molecular formula is C15H23O2. The van der Waals surface area contributed by atoms with Crippen LogP contribution in [0.1, 0.15) is 59.3 Å². The maximum absolute atomic E-state index is 12.5. The van der Waals surface area contributed by atoms with Crippen LogP contribution in [0, 0.1) is 23.2 Å². The summed E-state index contributed by atoms with van der Waals surface area (Å²) >= 11 is 0. The van der Waals surface area contributed by atoms with Gasteiger partial charge in [0.2, 0.25) is 0 Å². The van der Waals surface area contributed by atoms with Crippen LogP contribution in [-0.4, -0.2) is 11.6 Å². The minimum absolute atomic E-state index is 0.0802. The summed E-state index contributed by atoms with van der Waals surface area (Å²) in [5.74, 6) is 3.28. The molecule has 17 heavy (non-hydrogen) atoms. The van der Waals surface area contributed by atoms with Crippen molar-refractivity contribution in [2.45, 2.75) is 64.9 Å². The number of hydrogen-bond acceptors (Lipinski definition) is 2. The summed E-state index contributed by atoms with van der Waals surface area (Å²) < 4.78 is 5.67. The van der Waals surface area contributed by atoms with E-state index in [1.807, 2.05) is 20.8 Å². The second-order valence-electron chi connectivity index (χ2n) is 7.49. The van der Waals surface area contributed by atoms with Gasteiger partial charge in [-0.05, 0) is 77.0 Å². The molecule has 0 aromatic carbocycles. The maximum atomic E-state index is 12.5. The monoisotopic (exact) mass is 235 g/mol. The third-order valence-electron chi connectivity index (χ3n) is 4.60. The molecule has 0 heterocycles. The zero-order valence-electron chi connectivity index (χ0n) is 11.2. The van der Waals surface area contributed by atoms with Gasteiger partial charge in [0, 0.05) is 0 Å². The molecule has 95 valence electrons. The van der Waals surface area contributed by atoms with Crippen molar-refractivity contribution < 1.29 is 9.53 Å². The largest absolute Gasteiger partial charge is 0.460 e. The SMILES string of the molecule is CC(C)(C)OC(=O)C12C[C]3CC(CC(C3)C1)C2. The van der Waals surface area contributed by atoms with E-state index in [1.165, 1.54) is 19.3 Å². The fourth-order valence-corrected chi connectivity index (χ4v) is 4.43. The van der Waals surface area contributed by atoms with Crippen LogP contribution in [-0.2, 0) is 9.53 Å². The topological polar surface area (TPSA) is 26.3 Å². The van der Waals surface area contributed by atoms with E-state index in [2.05, 4.69) is 0 Å². The minimum Gasteiger partial charge on any atom is -0.460 e. The van der Waals surface area contributed by atoms with Gasteiger partial charge in [-0.1, -0.05) is 0 Å². The van der Waals surface area contributed by atoms with Gasteiger partial charge >= 0.3 is 5.97 Å². The molecule has 2 unspecified atom stereocenters. The Labute approximate surface area is 104 Å². The van der Waals surface area contributed by atoms with E-state index in [0.29, 0.717) is 0 Å². The smallest absolute Gasteiger partial charge is 0.312 e. The Morgan fingerprint density at radius 2 is 1.82 bits per heavy atom. The fourth-order valence-electron chi connectivity index (χ4n) is 4.43. The Bertz CT molecular complexity index is 302. The molecule has 0 aromatic heterocycles. The van der Waals surface area contributed by atoms with Crippen molar-refractivity contribution >= 4 is 5.97 Å². The zero-order valence-corrected chi connectivity index (χ0v) is 11.2. The molecule has 4 rings (SSSR count). The molecule has 0 spiro atoms. The van der Waals surface area contributed by atoms with E-state index < -0.39 is 0 Å². The summed E-state index contributed by atoms with van der Waals surface area (Å²) in [5, 5.41) is 0. The van der Waals surface area contributed by atoms with Crippen LogP contribution in [0.4, 0.5) is 0 Å². The summed E-state index contributed by atoms with van der Waals surface area (Å²) in [6.07, 6.45) is 7.13. The quantitative estimate of drug-likeness (QED) is 0.650. The Kier molecular flexibility index (Phi) is 2.37. The minimum atomic E-state index is -0.342. The standard InChI is InChI=1S/C15H23O2/c1-14(2,3)17-13(16)15-7-10-4-11(8-15)6-12(5-10)9-15/h10-11H,4-9H2,1-3H3. The van der Waals surface area contributed by atoms with E-state index in [0.717, 1.165) is 31.1 Å². The Balaban J connectivity index is 1.80. The highest BCUT2D eigenvalue weighted by Crippen LogP contribution is 2.61. The van der Waals surface area contributed by atoms with Crippen LogP contribution in [0.2, 0.25) is 0 Å². The van der Waals surface area contributed by atoms with Gasteiger partial charge < -0.3 is 4.74 Å². The first-order valence-corrected chi connectivity index (χ1v) is 6.93. The van der Waals surface area contributed by atoms with Gasteiger partial charge in [-0.2, -0.15) is 0 Å². The van der Waals surface area contributed by atoms with E-state index >= 15 is 0 Å². The van der Waals surface area contributed by atoms with Crippen LogP contribution >= 0.6 is 0 Å². The predicted molar refractivity (Wildman–Crippen MR) is 66.2 cm³/mol. The summed E-state index contributed by atoms with van der Waals surface area (Å²) in [6.45, 7) is 5.91. The summed E-state index contributed by atoms with van der Waals surface area (Å²) in [7, 11) is 0. The molecule has 4 aliphatic carbocycles. The molecule has 4 aliphatic rings. The molecule has 4 fully saturated rings. The molecule has 2 heteroatoms. The highest BCUT2D eigenvalue weighted by molar-refractivity contribution is 5.78. The molecule has 4 saturated carbocycles. The third-order valence-corrected chi connectivity index (χ3v) is 4.60. The van der Waals surface area contributed by atoms with Gasteiger partial charge in [-0.15, -0.1) is 0 Å². The van der Waals surface area contributed by atoms with Gasteiger partial charge in [-0.25, -0.2) is 0 Å². The first-order valence-electron chi connectivity index (χ1n) is 6.93. The van der Waals surface area contributed by atoms with Crippen LogP contribution < -0.4 is 0 Å². The lowest BCUT2D eigenvalue weighted by Gasteiger charge is -2.55. The van der Waals surface area contributed by atoms with Gasteiger partial charge in [0.05, 0.1) is 5.41 Å². The molecule has 2 atom stereocenters. The second kappa shape index (κ2) is 3.49. The summed E-state index contributed by atoms with van der Waals surface area (Å²) in [6, 6.07) is 0. The van der Waals surface area contributed by atoms with Crippen molar-refractivity contribution in [3.05, 3.63) is 5.92 Å². The average Bonchev–Trinajstić information content (AvgIpc) is 2.12. The number of rotatable bonds is 1. The molecule has 0 aromatic rings. The van der Waals surface area contributed by atoms with Crippen LogP contribution in [0.3, 0.4) is 0 Å². The Hall–Kier alpha value is -0.530. The highest BCUT2D eigenvalue weighted by atomic mass is 16.6. The van der Waals surface area contributed by atoms with Gasteiger partial charge in [0.15, 0.2) is 0 Å². The molecule has 0 aliphatic heterocycles. The molecule has 1 radical (unpaired) electrons. The van der Waals surface area contributed by atoms with Crippen LogP contribution in [0.15, 0.2) is 0 Å². The van der Waals surface area contributed by atoms with Crippen LogP contribution in [0.25, 0.3) is 0 Å². The lowest BCUT2D eigenvalue weighted by Crippen LogP contribution is -2.51. The van der Waals surface area contributed by atoms with E-state index in [9.17, 15) is 4.79 Å². The number of esters is 1. The summed E-state index contributed by atoms with van der Waals surface area (Å²) in [4.78, 5) is 12.5. The van der Waals surface area contributed by atoms with E-state index in [4.69, 9.17) is 4.74 Å². The number of ether oxygens (including phenoxy) is 1. The predicted octanol–water partition coefficient (Wildman–Crippen LogP) is 3.50. The first kappa shape index (κ1) is 11.6. The molecule has 0 N–H and O–H groups in total. The molecule has 4 bridgehead atoms. The second-order valence-corrected chi connectivity index (χ2v) is 7.49.